The third-order valence-corrected chi connectivity index (χ3v) is 5.41. The van der Waals surface area contributed by atoms with Crippen LogP contribution < -0.4 is 4.74 Å². The number of nitrogens with zero attached hydrogens (tertiary/aromatic N) is 4. The van der Waals surface area contributed by atoms with Crippen LogP contribution in [0.5, 0.6) is 5.75 Å². The summed E-state index contributed by atoms with van der Waals surface area (Å²) in [6.45, 7) is 2.66. The van der Waals surface area contributed by atoms with Crippen molar-refractivity contribution in [3.63, 3.8) is 0 Å². The highest BCUT2D eigenvalue weighted by Gasteiger charge is 2.21. The molecule has 0 fully saturated rings. The van der Waals surface area contributed by atoms with Crippen LogP contribution in [-0.2, 0) is 26.7 Å². The summed E-state index contributed by atoms with van der Waals surface area (Å²) in [6.07, 6.45) is 3.94. The SMILES string of the molecule is COc1cc(-c2cccc3nn(C)cc23)ccc1CN1Cc2cccnc2C1. The Hall–Kier alpha value is -3.18. The maximum absolute atomic E-state index is 5.75. The second-order valence-corrected chi connectivity index (χ2v) is 7.32. The number of aromatic nitrogens is 3. The molecule has 0 atom stereocenters. The lowest BCUT2D eigenvalue weighted by Crippen LogP contribution is -2.16. The smallest absolute Gasteiger partial charge is 0.123 e. The van der Waals surface area contributed by atoms with Gasteiger partial charge in [-0.3, -0.25) is 14.6 Å². The highest BCUT2D eigenvalue weighted by Crippen LogP contribution is 2.33. The average Bonchev–Trinajstić information content (AvgIpc) is 3.29. The maximum atomic E-state index is 5.75. The molecule has 3 heterocycles. The summed E-state index contributed by atoms with van der Waals surface area (Å²) in [7, 11) is 3.70. The molecule has 0 radical (unpaired) electrons. The number of rotatable bonds is 4. The minimum atomic E-state index is 0.844. The number of ether oxygens (including phenoxy) is 1. The van der Waals surface area contributed by atoms with Gasteiger partial charge in [-0.05, 0) is 34.9 Å². The fourth-order valence-electron chi connectivity index (χ4n) is 4.07. The van der Waals surface area contributed by atoms with Crippen molar-refractivity contribution in [3.8, 4) is 16.9 Å². The van der Waals surface area contributed by atoms with E-state index >= 15 is 0 Å². The molecule has 5 heteroatoms. The molecule has 28 heavy (non-hydrogen) atoms. The van der Waals surface area contributed by atoms with Crippen LogP contribution in [0.4, 0.5) is 0 Å². The molecule has 5 nitrogen and oxygen atoms in total. The number of methoxy groups -OCH3 is 1. The summed E-state index contributed by atoms with van der Waals surface area (Å²) in [6, 6.07) is 16.9. The highest BCUT2D eigenvalue weighted by atomic mass is 16.5. The van der Waals surface area contributed by atoms with Crippen molar-refractivity contribution in [1.82, 2.24) is 19.7 Å². The van der Waals surface area contributed by atoms with Crippen molar-refractivity contribution in [2.75, 3.05) is 7.11 Å². The number of aryl methyl sites for hydroxylation is 1. The number of hydrogen-bond acceptors (Lipinski definition) is 4. The van der Waals surface area contributed by atoms with Crippen LogP contribution in [-0.4, -0.2) is 26.8 Å². The van der Waals surface area contributed by atoms with Crippen LogP contribution in [0.15, 0.2) is 60.9 Å². The van der Waals surface area contributed by atoms with E-state index in [1.165, 1.54) is 22.4 Å². The van der Waals surface area contributed by atoms with Crippen molar-refractivity contribution < 1.29 is 4.74 Å². The average molecular weight is 370 g/mol. The predicted molar refractivity (Wildman–Crippen MR) is 110 cm³/mol. The predicted octanol–water partition coefficient (Wildman–Crippen LogP) is 4.16. The molecule has 140 valence electrons. The third-order valence-electron chi connectivity index (χ3n) is 5.41. The van der Waals surface area contributed by atoms with Crippen LogP contribution in [0, 0.1) is 0 Å². The van der Waals surface area contributed by atoms with E-state index in [1.54, 1.807) is 7.11 Å². The molecular formula is C23H22N4O. The van der Waals surface area contributed by atoms with Crippen LogP contribution in [0.3, 0.4) is 0 Å². The van der Waals surface area contributed by atoms with Gasteiger partial charge in [0.2, 0.25) is 0 Å². The van der Waals surface area contributed by atoms with Crippen molar-refractivity contribution in [1.29, 1.82) is 0 Å². The molecule has 1 aliphatic heterocycles. The lowest BCUT2D eigenvalue weighted by molar-refractivity contribution is 0.268. The Labute approximate surface area is 164 Å². The summed E-state index contributed by atoms with van der Waals surface area (Å²) < 4.78 is 7.61. The van der Waals surface area contributed by atoms with Gasteiger partial charge in [-0.25, -0.2) is 0 Å². The van der Waals surface area contributed by atoms with Gasteiger partial charge in [0.25, 0.3) is 0 Å². The molecule has 0 spiro atoms. The van der Waals surface area contributed by atoms with Gasteiger partial charge in [0.15, 0.2) is 0 Å². The van der Waals surface area contributed by atoms with Crippen LogP contribution in [0.2, 0.25) is 0 Å². The summed E-state index contributed by atoms with van der Waals surface area (Å²) in [4.78, 5) is 6.90. The Balaban J connectivity index is 1.46. The zero-order valence-electron chi connectivity index (χ0n) is 16.1. The monoisotopic (exact) mass is 370 g/mol. The van der Waals surface area contributed by atoms with Gasteiger partial charge >= 0.3 is 0 Å². The maximum Gasteiger partial charge on any atom is 0.123 e. The molecule has 0 N–H and O–H groups in total. The molecule has 0 saturated carbocycles. The van der Waals surface area contributed by atoms with Gasteiger partial charge in [0, 0.05) is 50.0 Å². The van der Waals surface area contributed by atoms with Gasteiger partial charge in [0.1, 0.15) is 5.75 Å². The van der Waals surface area contributed by atoms with Crippen molar-refractivity contribution in [3.05, 3.63) is 77.7 Å². The zero-order valence-corrected chi connectivity index (χ0v) is 16.1. The molecule has 1 aliphatic rings. The van der Waals surface area contributed by atoms with Crippen LogP contribution in [0.25, 0.3) is 22.0 Å². The molecule has 0 aliphatic carbocycles. The van der Waals surface area contributed by atoms with E-state index in [0.29, 0.717) is 0 Å². The molecule has 2 aromatic carbocycles. The molecule has 0 saturated heterocycles. The van der Waals surface area contributed by atoms with Gasteiger partial charge < -0.3 is 4.74 Å². The Kier molecular flexibility index (Phi) is 4.10. The Morgan fingerprint density at radius 1 is 1.07 bits per heavy atom. The quantitative estimate of drug-likeness (QED) is 0.541. The molecule has 0 bridgehead atoms. The molecule has 0 amide bonds. The first kappa shape index (κ1) is 17.0. The lowest BCUT2D eigenvalue weighted by atomic mass is 10.00. The normalized spacial score (nSPS) is 13.8. The number of pyridine rings is 1. The Morgan fingerprint density at radius 2 is 2.00 bits per heavy atom. The third kappa shape index (κ3) is 2.94. The molecular weight excluding hydrogens is 348 g/mol. The number of benzene rings is 2. The standard InChI is InChI=1S/C23H22N4O/c1-26-14-20-19(6-3-7-21(20)25-26)16-8-9-18(23(11-16)28-2)13-27-12-17-5-4-10-24-22(17)15-27/h3-11,14H,12-13,15H2,1-2H3. The first-order valence-electron chi connectivity index (χ1n) is 9.46. The van der Waals surface area contributed by atoms with Crippen molar-refractivity contribution >= 4 is 10.9 Å². The molecule has 2 aromatic heterocycles. The lowest BCUT2D eigenvalue weighted by Gasteiger charge is -2.18. The summed E-state index contributed by atoms with van der Waals surface area (Å²) >= 11 is 0. The number of fused-ring (bicyclic) bond motifs is 2. The second kappa shape index (κ2) is 6.77. The minimum Gasteiger partial charge on any atom is -0.496 e. The fraction of sp³-hybridized carbons (Fsp3) is 0.217. The Bertz CT molecular complexity index is 1140. The van der Waals surface area contributed by atoms with Gasteiger partial charge in [-0.2, -0.15) is 5.10 Å². The van der Waals surface area contributed by atoms with E-state index in [9.17, 15) is 0 Å². The summed E-state index contributed by atoms with van der Waals surface area (Å²) in [5.74, 6) is 0.919. The minimum absolute atomic E-state index is 0.844. The summed E-state index contributed by atoms with van der Waals surface area (Å²) in [5, 5.41) is 5.67. The second-order valence-electron chi connectivity index (χ2n) is 7.32. The van der Waals surface area contributed by atoms with Gasteiger partial charge in [0.05, 0.1) is 18.3 Å². The van der Waals surface area contributed by atoms with Crippen molar-refractivity contribution in [2.45, 2.75) is 19.6 Å². The van der Waals surface area contributed by atoms with Gasteiger partial charge in [-0.1, -0.05) is 30.3 Å². The first-order chi connectivity index (χ1) is 13.7. The molecule has 0 unspecified atom stereocenters. The molecule has 5 rings (SSSR count). The van der Waals surface area contributed by atoms with E-state index in [-0.39, 0.29) is 0 Å². The van der Waals surface area contributed by atoms with E-state index in [4.69, 9.17) is 4.74 Å². The highest BCUT2D eigenvalue weighted by molar-refractivity contribution is 5.94. The van der Waals surface area contributed by atoms with Crippen molar-refractivity contribution in [2.24, 2.45) is 7.05 Å². The summed E-state index contributed by atoms with van der Waals surface area (Å²) in [5.41, 5.74) is 7.02. The zero-order chi connectivity index (χ0) is 19.1. The van der Waals surface area contributed by atoms with E-state index < -0.39 is 0 Å². The Morgan fingerprint density at radius 3 is 2.86 bits per heavy atom. The van der Waals surface area contributed by atoms with E-state index in [1.807, 2.05) is 30.1 Å². The van der Waals surface area contributed by atoms with E-state index in [2.05, 4.69) is 57.6 Å². The van der Waals surface area contributed by atoms with Crippen LogP contribution in [0.1, 0.15) is 16.8 Å². The number of hydrogen-bond donors (Lipinski definition) is 0. The van der Waals surface area contributed by atoms with Crippen LogP contribution >= 0.6 is 0 Å². The largest absolute Gasteiger partial charge is 0.496 e. The topological polar surface area (TPSA) is 43.2 Å². The van der Waals surface area contributed by atoms with Gasteiger partial charge in [-0.15, -0.1) is 0 Å². The van der Waals surface area contributed by atoms with E-state index in [0.717, 1.165) is 41.9 Å². The molecule has 4 aromatic rings. The fourth-order valence-corrected chi connectivity index (χ4v) is 4.07. The first-order valence-corrected chi connectivity index (χ1v) is 9.46.